The van der Waals surface area contributed by atoms with Gasteiger partial charge in [0.2, 0.25) is 0 Å². The van der Waals surface area contributed by atoms with Gasteiger partial charge in [0.25, 0.3) is 5.91 Å². The Bertz CT molecular complexity index is 1180. The number of nitrogens with zero attached hydrogens (tertiary/aromatic N) is 1. The fraction of sp³-hybridized carbons (Fsp3) is 0.120. The number of carbonyl (C=O) groups excluding carboxylic acids is 1. The number of nitrogens with one attached hydrogen (secondary N) is 1. The first-order chi connectivity index (χ1) is 14.9. The van der Waals surface area contributed by atoms with Crippen molar-refractivity contribution in [2.75, 3.05) is 5.32 Å². The Kier molecular flexibility index (Phi) is 7.36. The molecule has 0 aromatic heterocycles. The molecule has 3 aromatic rings. The van der Waals surface area contributed by atoms with Crippen LogP contribution in [0.15, 0.2) is 66.2 Å². The number of aryl methyl sites for hydroxylation is 2. The lowest BCUT2D eigenvalue weighted by Gasteiger charge is -2.10. The average Bonchev–Trinajstić information content (AvgIpc) is 2.75. The Labute approximate surface area is 191 Å². The van der Waals surface area contributed by atoms with E-state index in [-0.39, 0.29) is 5.57 Å². The predicted molar refractivity (Wildman–Crippen MR) is 125 cm³/mol. The molecule has 0 aliphatic carbocycles. The van der Waals surface area contributed by atoms with Crippen molar-refractivity contribution >= 4 is 40.9 Å². The number of benzene rings is 3. The summed E-state index contributed by atoms with van der Waals surface area (Å²) in [5.41, 5.74) is 4.60. The van der Waals surface area contributed by atoms with Crippen molar-refractivity contribution in [1.82, 2.24) is 0 Å². The zero-order chi connectivity index (χ0) is 22.4. The third-order valence-corrected chi connectivity index (χ3v) is 5.25. The fourth-order valence-corrected chi connectivity index (χ4v) is 3.19. The van der Waals surface area contributed by atoms with Gasteiger partial charge >= 0.3 is 0 Å². The van der Waals surface area contributed by atoms with Gasteiger partial charge in [-0.1, -0.05) is 47.5 Å². The van der Waals surface area contributed by atoms with Crippen LogP contribution in [0.4, 0.5) is 5.69 Å². The normalized spacial score (nSPS) is 11.0. The third kappa shape index (κ3) is 6.11. The van der Waals surface area contributed by atoms with Crippen LogP contribution in [-0.4, -0.2) is 5.91 Å². The number of ether oxygens (including phenoxy) is 1. The van der Waals surface area contributed by atoms with Crippen molar-refractivity contribution in [3.05, 3.63) is 98.5 Å². The maximum absolute atomic E-state index is 12.4. The van der Waals surface area contributed by atoms with E-state index in [1.165, 1.54) is 17.2 Å². The lowest BCUT2D eigenvalue weighted by molar-refractivity contribution is -0.112. The summed E-state index contributed by atoms with van der Waals surface area (Å²) in [6.45, 7) is 4.51. The van der Waals surface area contributed by atoms with Crippen molar-refractivity contribution < 1.29 is 9.53 Å². The summed E-state index contributed by atoms with van der Waals surface area (Å²) in [5.74, 6) is 0.0113. The number of hydrogen-bond donors (Lipinski definition) is 1. The lowest BCUT2D eigenvalue weighted by Crippen LogP contribution is -2.13. The van der Waals surface area contributed by atoms with Gasteiger partial charge in [0, 0.05) is 10.7 Å². The fourth-order valence-electron chi connectivity index (χ4n) is 2.83. The van der Waals surface area contributed by atoms with E-state index in [2.05, 4.69) is 31.3 Å². The van der Waals surface area contributed by atoms with Crippen LogP contribution in [0, 0.1) is 25.2 Å². The molecule has 4 nitrogen and oxygen atoms in total. The van der Waals surface area contributed by atoms with E-state index in [0.717, 1.165) is 5.56 Å². The Morgan fingerprint density at radius 2 is 1.77 bits per heavy atom. The molecule has 6 heteroatoms. The largest absolute Gasteiger partial charge is 0.487 e. The van der Waals surface area contributed by atoms with Crippen LogP contribution >= 0.6 is 23.2 Å². The molecule has 0 fully saturated rings. The molecular formula is C25H20Cl2N2O2. The molecule has 0 bridgehead atoms. The summed E-state index contributed by atoms with van der Waals surface area (Å²) < 4.78 is 5.83. The molecule has 0 aliphatic heterocycles. The summed E-state index contributed by atoms with van der Waals surface area (Å²) in [6.07, 6.45) is 1.48. The van der Waals surface area contributed by atoms with Gasteiger partial charge in [-0.05, 0) is 78.6 Å². The highest BCUT2D eigenvalue weighted by atomic mass is 35.5. The average molecular weight is 451 g/mol. The van der Waals surface area contributed by atoms with Gasteiger partial charge in [0.1, 0.15) is 24.0 Å². The zero-order valence-electron chi connectivity index (χ0n) is 17.1. The number of rotatable bonds is 6. The van der Waals surface area contributed by atoms with Crippen LogP contribution in [0.5, 0.6) is 5.75 Å². The molecule has 0 spiro atoms. The molecule has 1 amide bonds. The van der Waals surface area contributed by atoms with E-state index in [0.29, 0.717) is 33.7 Å². The van der Waals surface area contributed by atoms with E-state index < -0.39 is 5.91 Å². The molecule has 0 radical (unpaired) electrons. The van der Waals surface area contributed by atoms with Crippen molar-refractivity contribution in [2.24, 2.45) is 0 Å². The van der Waals surface area contributed by atoms with Crippen molar-refractivity contribution in [2.45, 2.75) is 20.5 Å². The number of halogens is 2. The lowest BCUT2D eigenvalue weighted by atomic mass is 10.1. The number of anilines is 1. The van der Waals surface area contributed by atoms with Crippen LogP contribution in [0.2, 0.25) is 10.0 Å². The van der Waals surface area contributed by atoms with Gasteiger partial charge in [-0.25, -0.2) is 0 Å². The highest BCUT2D eigenvalue weighted by Gasteiger charge is 2.11. The second-order valence-electron chi connectivity index (χ2n) is 7.03. The highest BCUT2D eigenvalue weighted by Crippen LogP contribution is 2.27. The quantitative estimate of drug-likeness (QED) is 0.334. The van der Waals surface area contributed by atoms with Gasteiger partial charge in [-0.3, -0.25) is 4.79 Å². The first kappa shape index (κ1) is 22.4. The molecule has 1 N–H and O–H groups in total. The van der Waals surface area contributed by atoms with E-state index in [1.807, 2.05) is 12.1 Å². The third-order valence-electron chi connectivity index (χ3n) is 4.70. The van der Waals surface area contributed by atoms with Crippen LogP contribution in [0.1, 0.15) is 22.3 Å². The van der Waals surface area contributed by atoms with Crippen LogP contribution in [-0.2, 0) is 11.4 Å². The molecule has 3 aromatic carbocycles. The Morgan fingerprint density at radius 1 is 1.03 bits per heavy atom. The van der Waals surface area contributed by atoms with E-state index in [9.17, 15) is 10.1 Å². The monoisotopic (exact) mass is 450 g/mol. The van der Waals surface area contributed by atoms with E-state index >= 15 is 0 Å². The minimum absolute atomic E-state index is 0.0465. The maximum atomic E-state index is 12.4. The van der Waals surface area contributed by atoms with Crippen molar-refractivity contribution in [3.63, 3.8) is 0 Å². The van der Waals surface area contributed by atoms with Gasteiger partial charge < -0.3 is 10.1 Å². The van der Waals surface area contributed by atoms with Gasteiger partial charge in [-0.2, -0.15) is 5.26 Å². The first-order valence-electron chi connectivity index (χ1n) is 9.53. The minimum atomic E-state index is -0.518. The summed E-state index contributed by atoms with van der Waals surface area (Å²) >= 11 is 12.2. The number of carbonyl (C=O) groups is 1. The topological polar surface area (TPSA) is 62.1 Å². The molecule has 0 unspecified atom stereocenters. The Hall–Kier alpha value is -3.26. The second-order valence-corrected chi connectivity index (χ2v) is 7.87. The zero-order valence-corrected chi connectivity index (χ0v) is 18.6. The van der Waals surface area contributed by atoms with Gasteiger partial charge in [0.15, 0.2) is 0 Å². The van der Waals surface area contributed by atoms with Crippen LogP contribution < -0.4 is 10.1 Å². The molecule has 156 valence electrons. The van der Waals surface area contributed by atoms with Crippen LogP contribution in [0.25, 0.3) is 6.08 Å². The predicted octanol–water partition coefficient (Wildman–Crippen LogP) is 6.73. The van der Waals surface area contributed by atoms with Crippen LogP contribution in [0.3, 0.4) is 0 Å². The number of nitriles is 1. The first-order valence-corrected chi connectivity index (χ1v) is 10.3. The maximum Gasteiger partial charge on any atom is 0.266 e. The summed E-state index contributed by atoms with van der Waals surface area (Å²) in [5, 5.41) is 13.0. The SMILES string of the molecule is Cc1ccc(COc2ccc(/C=C(\C#N)C(=O)Nc3ccc(Cl)cc3)cc2Cl)cc1C. The molecule has 0 atom stereocenters. The molecule has 0 aliphatic rings. The smallest absolute Gasteiger partial charge is 0.266 e. The molecular weight excluding hydrogens is 431 g/mol. The van der Waals surface area contributed by atoms with Crippen molar-refractivity contribution in [3.8, 4) is 11.8 Å². The van der Waals surface area contributed by atoms with Gasteiger partial charge in [0.05, 0.1) is 5.02 Å². The molecule has 0 saturated heterocycles. The van der Waals surface area contributed by atoms with E-state index in [4.69, 9.17) is 27.9 Å². The van der Waals surface area contributed by atoms with Crippen molar-refractivity contribution in [1.29, 1.82) is 5.26 Å². The highest BCUT2D eigenvalue weighted by molar-refractivity contribution is 6.32. The Morgan fingerprint density at radius 3 is 2.42 bits per heavy atom. The number of amides is 1. The summed E-state index contributed by atoms with van der Waals surface area (Å²) in [6, 6.07) is 19.8. The van der Waals surface area contributed by atoms with Gasteiger partial charge in [-0.15, -0.1) is 0 Å². The molecule has 0 saturated carbocycles. The Balaban J connectivity index is 1.70. The molecule has 0 heterocycles. The summed E-state index contributed by atoms with van der Waals surface area (Å²) in [7, 11) is 0. The van der Waals surface area contributed by atoms with E-state index in [1.54, 1.807) is 42.5 Å². The molecule has 3 rings (SSSR count). The standard InChI is InChI=1S/C25H20Cl2N2O2/c1-16-3-4-19(11-17(16)2)15-31-24-10-5-18(13-23(24)27)12-20(14-28)25(30)29-22-8-6-21(26)7-9-22/h3-13H,15H2,1-2H3,(H,29,30)/b20-12+. The molecule has 31 heavy (non-hydrogen) atoms. The minimum Gasteiger partial charge on any atom is -0.487 e. The number of hydrogen-bond acceptors (Lipinski definition) is 3. The summed E-state index contributed by atoms with van der Waals surface area (Å²) in [4.78, 5) is 12.4. The second kappa shape index (κ2) is 10.2.